The average Bonchev–Trinajstić information content (AvgIpc) is 0.813. The Morgan fingerprint density at radius 3 is 1.15 bits per heavy atom. The number of pyridine rings is 5. The third-order valence-electron chi connectivity index (χ3n) is 18.0. The molecule has 0 amide bonds. The van der Waals surface area contributed by atoms with Crippen molar-refractivity contribution in [2.24, 2.45) is 17.3 Å². The fourth-order valence-electron chi connectivity index (χ4n) is 12.6. The summed E-state index contributed by atoms with van der Waals surface area (Å²) in [6.07, 6.45) is 16.2. The van der Waals surface area contributed by atoms with Gasteiger partial charge in [-0.15, -0.1) is 154 Å². The number of hydrogen-bond acceptors (Lipinski definition) is 5. The molecule has 0 N–H and O–H groups in total. The minimum Gasteiger partial charge on any atom is -0.305 e. The molecule has 10 aromatic rings. The number of benzene rings is 5. The Balaban J connectivity index is 0.000000520. The minimum absolute atomic E-state index is 0. The number of rotatable bonds is 16. The van der Waals surface area contributed by atoms with Gasteiger partial charge in [0.25, 0.3) is 0 Å². The largest absolute Gasteiger partial charge is 0.305 e. The summed E-state index contributed by atoms with van der Waals surface area (Å²) in [6, 6.07) is 44.0. The van der Waals surface area contributed by atoms with E-state index in [0.717, 1.165) is 51.3 Å². The van der Waals surface area contributed by atoms with Crippen molar-refractivity contribution in [1.82, 2.24) is 24.9 Å². The molecule has 0 aliphatic heterocycles. The number of aryl methyl sites for hydroxylation is 3. The average molecular weight is 2480 g/mol. The van der Waals surface area contributed by atoms with Gasteiger partial charge in [0.1, 0.15) is 0 Å². The predicted molar refractivity (Wildman–Crippen MR) is 458 cm³/mol. The van der Waals surface area contributed by atoms with Gasteiger partial charge in [0.15, 0.2) is 0 Å². The van der Waals surface area contributed by atoms with Gasteiger partial charge in [0.2, 0.25) is 0 Å². The molecule has 0 atom stereocenters. The first-order chi connectivity index (χ1) is 54.0. The Morgan fingerprint density at radius 1 is 0.423 bits per heavy atom. The molecular formula is C92H118F4Ir5N5Si5-5. The third-order valence-corrected chi connectivity index (χ3v) is 28.2. The van der Waals surface area contributed by atoms with Gasteiger partial charge in [-0.25, -0.2) is 0 Å². The zero-order valence-electron chi connectivity index (χ0n) is 80.4. The van der Waals surface area contributed by atoms with Gasteiger partial charge in [-0.1, -0.05) is 251 Å². The Bertz CT molecular complexity index is 4920. The fourth-order valence-corrected chi connectivity index (χ4v) is 20.1. The van der Waals surface area contributed by atoms with Gasteiger partial charge in [0.05, 0.1) is 40.4 Å². The fraction of sp³-hybridized carbons (Fsp3) is 0.402. The second-order valence-electron chi connectivity index (χ2n) is 34.6. The van der Waals surface area contributed by atoms with E-state index < -0.39 is 78.6 Å². The van der Waals surface area contributed by atoms with Crippen LogP contribution in [0.15, 0.2) is 146 Å². The zero-order valence-corrected chi connectivity index (χ0v) is 85.4. The summed E-state index contributed by atoms with van der Waals surface area (Å²) in [5.74, 6) is -0.724. The molecule has 5 aromatic heterocycles. The second kappa shape index (κ2) is 45.0. The molecule has 5 heterocycles. The quantitative estimate of drug-likeness (QED) is 0.0548. The standard InChI is InChI=1S/C23H32NSi.C19H25FNSi.C18H23FNSi.C17H21FNSi.C15H17FNSi.5Ir/c1-17-11-12-21(18(2)13-17)22-15-20(14-19-9-7-6-8-10-19)23(16-24-22)25(3,4)5;1-19(2,3)12-15-11-17(14-7-9-16(20)10-8-14)21-13-18(15)22(4,5)6;1-13(2)10-15-11-17(14-6-8-16(19)9-7-14)20-12-18(15)21(3,4)5;1-12(2)15-10-16(13-6-8-14(18)9-7-13)19-11-17(15)20(3,4)5;1-11-9-14(12-5-7-13(16)8-6-12)17-10-15(11)18(2,3)4;;;;;/h11,13,15-16,19H,6-10,14H2,1-5H3;7,9-11,13H,12H2,1-6H3;6,8-9,11-13H,10H2,1-5H3;6,8-12H,1-5H3;5,7-10H,1-4H3;;;;;/q5*-1;;;;;/i1D3,2D3;12D2;;12D;1D3;;;;;. The van der Waals surface area contributed by atoms with Gasteiger partial charge in [-0.3, -0.25) is 17.6 Å². The van der Waals surface area contributed by atoms with Gasteiger partial charge < -0.3 is 24.9 Å². The molecule has 11 rings (SSSR count). The van der Waals surface area contributed by atoms with Gasteiger partial charge in [-0.2, -0.15) is 0 Å². The van der Waals surface area contributed by atoms with Crippen LogP contribution in [0.25, 0.3) is 56.3 Å². The maximum Gasteiger partial charge on any atom is 0.0799 e. The first-order valence-electron chi connectivity index (χ1n) is 42.8. The summed E-state index contributed by atoms with van der Waals surface area (Å²) in [7, 11) is -8.20. The van der Waals surface area contributed by atoms with Crippen molar-refractivity contribution >= 4 is 66.3 Å². The molecule has 1 aliphatic carbocycles. The first-order valence-corrected chi connectivity index (χ1v) is 54.3. The van der Waals surface area contributed by atoms with E-state index in [-0.39, 0.29) is 135 Å². The van der Waals surface area contributed by atoms with Crippen molar-refractivity contribution in [1.29, 1.82) is 0 Å². The van der Waals surface area contributed by atoms with Crippen LogP contribution in [-0.4, -0.2) is 65.3 Å². The molecule has 609 valence electrons. The van der Waals surface area contributed by atoms with E-state index in [9.17, 15) is 17.6 Å². The predicted octanol–water partition coefficient (Wildman–Crippen LogP) is 23.0. The smallest absolute Gasteiger partial charge is 0.0799 e. The Labute approximate surface area is 755 Å². The van der Waals surface area contributed by atoms with Gasteiger partial charge in [-0.05, 0) is 104 Å². The van der Waals surface area contributed by atoms with E-state index in [2.05, 4.69) is 173 Å². The van der Waals surface area contributed by atoms with E-state index in [1.807, 2.05) is 71.4 Å². The van der Waals surface area contributed by atoms with Crippen LogP contribution in [0.3, 0.4) is 0 Å². The SMILES string of the molecule is CC(C)Cc1cc(-c2[c-]cc(F)cc2)ncc1[Si](C)(C)C.[2H]C(C)(C)c1cc(-c2[c-]cc(F)cc2)ncc1[Si](C)(C)C.[2H]C([2H])([2H])c1c[c-]c(-c2cc(CC3CCCCC3)c([Si](C)(C)C)cn2)c(C([2H])([2H])[2H])c1.[2H]C([2H])([2H])c1cc(-c2[c-]cc(F)cc2)ncc1[Si](C)(C)C.[2H]C([2H])(c1cc(-c2[c-]cc(F)cc2)ncc1[Si](C)(C)C)C(C)(C)C.[Ir].[Ir].[Ir].[Ir].[Ir]. The Morgan fingerprint density at radius 2 is 0.784 bits per heavy atom. The molecule has 1 aliphatic rings. The van der Waals surface area contributed by atoms with E-state index in [4.69, 9.17) is 16.4 Å². The topological polar surface area (TPSA) is 64.5 Å². The second-order valence-corrected chi connectivity index (χ2v) is 59.8. The molecule has 1 saturated carbocycles. The Kier molecular flexibility index (Phi) is 33.8. The van der Waals surface area contributed by atoms with Crippen LogP contribution in [0.5, 0.6) is 0 Å². The number of halogens is 4. The minimum atomic E-state index is -2.45. The van der Waals surface area contributed by atoms with Crippen LogP contribution < -0.4 is 25.9 Å². The van der Waals surface area contributed by atoms with Crippen molar-refractivity contribution < 1.29 is 135 Å². The van der Waals surface area contributed by atoms with Crippen molar-refractivity contribution in [3.8, 4) is 56.3 Å². The van der Waals surface area contributed by atoms with Crippen LogP contribution in [0, 0.1) is 91.4 Å². The molecule has 5 nitrogen and oxygen atoms in total. The van der Waals surface area contributed by atoms with Crippen molar-refractivity contribution in [2.75, 3.05) is 0 Å². The van der Waals surface area contributed by atoms with E-state index in [1.54, 1.807) is 42.7 Å². The van der Waals surface area contributed by atoms with E-state index >= 15 is 0 Å². The summed E-state index contributed by atoms with van der Waals surface area (Å²) in [4.78, 5) is 22.6. The summed E-state index contributed by atoms with van der Waals surface area (Å²) < 4.78 is 148. The van der Waals surface area contributed by atoms with Crippen LogP contribution in [0.1, 0.15) is 142 Å². The van der Waals surface area contributed by atoms with Crippen LogP contribution >= 0.6 is 0 Å². The molecule has 0 spiro atoms. The normalized spacial score (nSPS) is 14.6. The molecule has 0 unspecified atom stereocenters. The summed E-state index contributed by atoms with van der Waals surface area (Å²) in [6.45, 7) is 40.5. The summed E-state index contributed by atoms with van der Waals surface area (Å²) >= 11 is 0. The van der Waals surface area contributed by atoms with Crippen LogP contribution in [0.4, 0.5) is 17.6 Å². The van der Waals surface area contributed by atoms with Crippen molar-refractivity contribution in [3.63, 3.8) is 0 Å². The van der Waals surface area contributed by atoms with E-state index in [1.165, 1.54) is 119 Å². The molecule has 1 fully saturated rings. The van der Waals surface area contributed by atoms with E-state index in [0.29, 0.717) is 56.7 Å². The number of hydrogen-bond donors (Lipinski definition) is 0. The number of aromatic nitrogens is 5. The van der Waals surface area contributed by atoms with Crippen molar-refractivity contribution in [2.45, 2.75) is 224 Å². The molecular weight excluding hydrogens is 2350 g/mol. The first kappa shape index (κ1) is 83.4. The third kappa shape index (κ3) is 32.0. The molecule has 0 bridgehead atoms. The Hall–Kier alpha value is -4.10. The molecule has 0 saturated heterocycles. The maximum absolute atomic E-state index is 13.1. The summed E-state index contributed by atoms with van der Waals surface area (Å²) in [5, 5.41) is 5.79. The summed E-state index contributed by atoms with van der Waals surface area (Å²) in [5.41, 5.74) is 10.7. The van der Waals surface area contributed by atoms with Crippen LogP contribution in [0.2, 0.25) is 98.2 Å². The molecule has 111 heavy (non-hydrogen) atoms. The molecule has 19 heteroatoms. The molecule has 5 aromatic carbocycles. The van der Waals surface area contributed by atoms with Gasteiger partial charge >= 0.3 is 0 Å². The van der Waals surface area contributed by atoms with Crippen molar-refractivity contribution in [3.05, 3.63) is 239 Å². The van der Waals surface area contributed by atoms with Gasteiger partial charge in [0, 0.05) is 171 Å². The maximum atomic E-state index is 13.1. The monoisotopic (exact) mass is 2490 g/mol. The zero-order chi connectivity index (χ0) is 88.7. The van der Waals surface area contributed by atoms with Crippen LogP contribution in [-0.2, 0) is 120 Å². The molecule has 5 radical (unpaired) electrons. The number of nitrogens with zero attached hydrogens (tertiary/aromatic N) is 5.